The molecule has 0 fully saturated rings. The molecule has 5 heteroatoms. The van der Waals surface area contributed by atoms with E-state index in [-0.39, 0.29) is 12.6 Å². The van der Waals surface area contributed by atoms with Gasteiger partial charge in [0.05, 0.1) is 5.52 Å². The molecule has 1 unspecified atom stereocenters. The molecule has 0 amide bonds. The van der Waals surface area contributed by atoms with Gasteiger partial charge in [0.1, 0.15) is 12.1 Å². The molecule has 0 aliphatic heterocycles. The van der Waals surface area contributed by atoms with Crippen LogP contribution in [-0.4, -0.2) is 27.7 Å². The number of halogens is 1. The molecule has 0 spiro atoms. The third-order valence-corrected chi connectivity index (χ3v) is 3.01. The second-order valence-corrected chi connectivity index (χ2v) is 4.73. The number of nitrogens with zero attached hydrogens (tertiary/aromatic N) is 2. The van der Waals surface area contributed by atoms with Gasteiger partial charge in [-0.2, -0.15) is 0 Å². The zero-order valence-corrected chi connectivity index (χ0v) is 11.0. The van der Waals surface area contributed by atoms with E-state index in [1.165, 1.54) is 6.33 Å². The molecule has 1 heterocycles. The van der Waals surface area contributed by atoms with E-state index in [0.717, 1.165) is 29.6 Å². The Labute approximate surface area is 111 Å². The van der Waals surface area contributed by atoms with Crippen molar-refractivity contribution < 1.29 is 5.11 Å². The third-order valence-electron chi connectivity index (χ3n) is 2.78. The molecule has 0 radical (unpaired) electrons. The van der Waals surface area contributed by atoms with Gasteiger partial charge >= 0.3 is 0 Å². The highest BCUT2D eigenvalue weighted by atomic mass is 35.5. The molecule has 1 aromatic carbocycles. The quantitative estimate of drug-likeness (QED) is 0.873. The van der Waals surface area contributed by atoms with Crippen LogP contribution in [0.1, 0.15) is 19.8 Å². The number of hydrogen-bond donors (Lipinski definition) is 2. The number of benzene rings is 1. The monoisotopic (exact) mass is 265 g/mol. The van der Waals surface area contributed by atoms with Gasteiger partial charge in [-0.25, -0.2) is 9.97 Å². The molecule has 2 N–H and O–H groups in total. The van der Waals surface area contributed by atoms with Crippen LogP contribution in [0, 0.1) is 0 Å². The Morgan fingerprint density at radius 2 is 2.22 bits per heavy atom. The summed E-state index contributed by atoms with van der Waals surface area (Å²) in [5.41, 5.74) is 0.828. The normalized spacial score (nSPS) is 12.6. The van der Waals surface area contributed by atoms with Crippen LogP contribution < -0.4 is 5.32 Å². The lowest BCUT2D eigenvalue weighted by Crippen LogP contribution is -2.16. The van der Waals surface area contributed by atoms with Crippen LogP contribution in [0.4, 0.5) is 5.82 Å². The van der Waals surface area contributed by atoms with Gasteiger partial charge in [0.25, 0.3) is 0 Å². The van der Waals surface area contributed by atoms with Gasteiger partial charge in [0.15, 0.2) is 0 Å². The second-order valence-electron chi connectivity index (χ2n) is 4.29. The van der Waals surface area contributed by atoms with Crippen LogP contribution in [0.3, 0.4) is 0 Å². The van der Waals surface area contributed by atoms with Crippen molar-refractivity contribution in [1.29, 1.82) is 0 Å². The summed E-state index contributed by atoms with van der Waals surface area (Å²) in [5.74, 6) is 0.808. The summed E-state index contributed by atoms with van der Waals surface area (Å²) in [4.78, 5) is 8.45. The summed E-state index contributed by atoms with van der Waals surface area (Å²) < 4.78 is 0. The number of aliphatic hydroxyl groups is 1. The van der Waals surface area contributed by atoms with Crippen molar-refractivity contribution in [3.05, 3.63) is 29.5 Å². The van der Waals surface area contributed by atoms with Gasteiger partial charge in [-0.1, -0.05) is 11.6 Å². The molecule has 1 aromatic heterocycles. The maximum atomic E-state index is 8.82. The summed E-state index contributed by atoms with van der Waals surface area (Å²) in [7, 11) is 0. The van der Waals surface area contributed by atoms with E-state index in [9.17, 15) is 0 Å². The Bertz CT molecular complexity index is 533. The van der Waals surface area contributed by atoms with Gasteiger partial charge in [0, 0.05) is 23.1 Å². The molecule has 0 saturated heterocycles. The molecule has 0 saturated carbocycles. The Kier molecular flexibility index (Phi) is 4.33. The fraction of sp³-hybridized carbons (Fsp3) is 0.385. The maximum Gasteiger partial charge on any atom is 0.137 e. The second kappa shape index (κ2) is 5.98. The van der Waals surface area contributed by atoms with Crippen molar-refractivity contribution in [2.24, 2.45) is 0 Å². The molecule has 4 nitrogen and oxygen atoms in total. The van der Waals surface area contributed by atoms with Gasteiger partial charge in [-0.05, 0) is 38.0 Å². The van der Waals surface area contributed by atoms with Crippen LogP contribution in [0.25, 0.3) is 10.9 Å². The van der Waals surface area contributed by atoms with Gasteiger partial charge in [0.2, 0.25) is 0 Å². The number of fused-ring (bicyclic) bond motifs is 1. The van der Waals surface area contributed by atoms with E-state index in [1.54, 1.807) is 0 Å². The average Bonchev–Trinajstić information content (AvgIpc) is 2.36. The first-order valence-corrected chi connectivity index (χ1v) is 6.36. The van der Waals surface area contributed by atoms with Crippen molar-refractivity contribution in [3.63, 3.8) is 0 Å². The largest absolute Gasteiger partial charge is 0.396 e. The molecule has 96 valence electrons. The van der Waals surface area contributed by atoms with Crippen LogP contribution in [-0.2, 0) is 0 Å². The SMILES string of the molecule is CC(CCCO)Nc1ncnc2cc(Cl)ccc12. The van der Waals surface area contributed by atoms with E-state index in [4.69, 9.17) is 16.7 Å². The number of rotatable bonds is 5. The standard InChI is InChI=1S/C13H16ClN3O/c1-9(3-2-6-18)17-13-11-5-4-10(14)7-12(11)15-8-16-13/h4-5,7-9,18H,2-3,6H2,1H3,(H,15,16,17). The summed E-state index contributed by atoms with van der Waals surface area (Å²) >= 11 is 5.94. The van der Waals surface area contributed by atoms with Crippen molar-refractivity contribution in [2.45, 2.75) is 25.8 Å². The Hall–Kier alpha value is -1.39. The van der Waals surface area contributed by atoms with Crippen LogP contribution >= 0.6 is 11.6 Å². The van der Waals surface area contributed by atoms with Crippen molar-refractivity contribution >= 4 is 28.3 Å². The van der Waals surface area contributed by atoms with Crippen LogP contribution in [0.2, 0.25) is 5.02 Å². The highest BCUT2D eigenvalue weighted by Crippen LogP contribution is 2.23. The summed E-state index contributed by atoms with van der Waals surface area (Å²) in [6.45, 7) is 2.28. The first-order chi connectivity index (χ1) is 8.70. The highest BCUT2D eigenvalue weighted by molar-refractivity contribution is 6.31. The van der Waals surface area contributed by atoms with Gasteiger partial charge < -0.3 is 10.4 Å². The maximum absolute atomic E-state index is 8.82. The van der Waals surface area contributed by atoms with Crippen LogP contribution in [0.15, 0.2) is 24.5 Å². The molecule has 2 aromatic rings. The van der Waals surface area contributed by atoms with Crippen molar-refractivity contribution in [2.75, 3.05) is 11.9 Å². The number of aromatic nitrogens is 2. The van der Waals surface area contributed by atoms with Gasteiger partial charge in [-0.3, -0.25) is 0 Å². The van der Waals surface area contributed by atoms with Crippen molar-refractivity contribution in [1.82, 2.24) is 9.97 Å². The number of nitrogens with one attached hydrogen (secondary N) is 1. The van der Waals surface area contributed by atoms with E-state index >= 15 is 0 Å². The summed E-state index contributed by atoms with van der Waals surface area (Å²) in [6.07, 6.45) is 3.21. The summed E-state index contributed by atoms with van der Waals surface area (Å²) in [5, 5.41) is 13.8. The first-order valence-electron chi connectivity index (χ1n) is 5.98. The Morgan fingerprint density at radius 1 is 1.39 bits per heavy atom. The predicted molar refractivity (Wildman–Crippen MR) is 74.0 cm³/mol. The Morgan fingerprint density at radius 3 is 3.00 bits per heavy atom. The smallest absolute Gasteiger partial charge is 0.137 e. The Balaban J connectivity index is 2.22. The lowest BCUT2D eigenvalue weighted by atomic mass is 10.1. The molecular formula is C13H16ClN3O. The van der Waals surface area contributed by atoms with Crippen molar-refractivity contribution in [3.8, 4) is 0 Å². The van der Waals surface area contributed by atoms with Gasteiger partial charge in [-0.15, -0.1) is 0 Å². The minimum atomic E-state index is 0.214. The molecule has 1 atom stereocenters. The lowest BCUT2D eigenvalue weighted by Gasteiger charge is -2.15. The molecule has 18 heavy (non-hydrogen) atoms. The van der Waals surface area contributed by atoms with E-state index < -0.39 is 0 Å². The molecule has 0 aliphatic carbocycles. The first kappa shape index (κ1) is 13.1. The van der Waals surface area contributed by atoms with E-state index in [2.05, 4.69) is 22.2 Å². The number of anilines is 1. The summed E-state index contributed by atoms with van der Waals surface area (Å²) in [6, 6.07) is 5.82. The molecule has 0 aliphatic rings. The number of hydrogen-bond acceptors (Lipinski definition) is 4. The van der Waals surface area contributed by atoms with E-state index in [0.29, 0.717) is 5.02 Å². The fourth-order valence-corrected chi connectivity index (χ4v) is 2.01. The average molecular weight is 266 g/mol. The highest BCUT2D eigenvalue weighted by Gasteiger charge is 2.07. The minimum absolute atomic E-state index is 0.214. The number of aliphatic hydroxyl groups excluding tert-OH is 1. The molecule has 0 bridgehead atoms. The minimum Gasteiger partial charge on any atom is -0.396 e. The fourth-order valence-electron chi connectivity index (χ4n) is 1.85. The zero-order chi connectivity index (χ0) is 13.0. The zero-order valence-electron chi connectivity index (χ0n) is 10.2. The molecule has 2 rings (SSSR count). The third kappa shape index (κ3) is 3.09. The predicted octanol–water partition coefficient (Wildman–Crippen LogP) is 2.86. The topological polar surface area (TPSA) is 58.0 Å². The lowest BCUT2D eigenvalue weighted by molar-refractivity contribution is 0.282. The van der Waals surface area contributed by atoms with E-state index in [1.807, 2.05) is 18.2 Å². The molecular weight excluding hydrogens is 250 g/mol. The van der Waals surface area contributed by atoms with Crippen LogP contribution in [0.5, 0.6) is 0 Å².